The minimum Gasteiger partial charge on any atom is -0.351 e. The van der Waals surface area contributed by atoms with Crippen molar-refractivity contribution in [1.29, 1.82) is 0 Å². The van der Waals surface area contributed by atoms with Crippen LogP contribution < -0.4 is 5.32 Å². The SMILES string of the molecule is Cc1ccc(F)c(C(=O)NCC2(CCCl)CC2)c1F. The number of nitrogens with one attached hydrogen (secondary N) is 1. The zero-order chi connectivity index (χ0) is 14.0. The first kappa shape index (κ1) is 14.3. The number of hydrogen-bond donors (Lipinski definition) is 1. The molecule has 1 saturated carbocycles. The summed E-state index contributed by atoms with van der Waals surface area (Å²) in [5.41, 5.74) is -0.205. The minimum absolute atomic E-state index is 0.0359. The Labute approximate surface area is 116 Å². The van der Waals surface area contributed by atoms with Crippen LogP contribution in [0.4, 0.5) is 8.78 Å². The Bertz CT molecular complexity index is 500. The molecule has 0 aliphatic heterocycles. The molecule has 1 aromatic carbocycles. The van der Waals surface area contributed by atoms with E-state index in [1.54, 1.807) is 0 Å². The van der Waals surface area contributed by atoms with Crippen molar-refractivity contribution in [2.75, 3.05) is 12.4 Å². The van der Waals surface area contributed by atoms with Crippen molar-refractivity contribution < 1.29 is 13.6 Å². The fourth-order valence-corrected chi connectivity index (χ4v) is 2.51. The van der Waals surface area contributed by atoms with Crippen LogP contribution >= 0.6 is 11.6 Å². The summed E-state index contributed by atoms with van der Waals surface area (Å²) in [6.45, 7) is 1.92. The number of amides is 1. The maximum Gasteiger partial charge on any atom is 0.257 e. The van der Waals surface area contributed by atoms with Gasteiger partial charge in [0, 0.05) is 12.4 Å². The molecule has 1 aliphatic rings. The molecule has 1 aromatic rings. The van der Waals surface area contributed by atoms with Gasteiger partial charge >= 0.3 is 0 Å². The number of alkyl halides is 1. The summed E-state index contributed by atoms with van der Waals surface area (Å²) in [5, 5.41) is 2.62. The average Bonchev–Trinajstić information content (AvgIpc) is 3.13. The van der Waals surface area contributed by atoms with Crippen molar-refractivity contribution in [1.82, 2.24) is 5.32 Å². The van der Waals surface area contributed by atoms with Crippen LogP contribution in [-0.4, -0.2) is 18.3 Å². The van der Waals surface area contributed by atoms with Gasteiger partial charge in [0.15, 0.2) is 0 Å². The molecule has 2 rings (SSSR count). The van der Waals surface area contributed by atoms with Crippen LogP contribution in [0.1, 0.15) is 35.2 Å². The van der Waals surface area contributed by atoms with E-state index in [0.717, 1.165) is 25.3 Å². The Morgan fingerprint density at radius 3 is 2.68 bits per heavy atom. The molecule has 104 valence electrons. The molecule has 0 spiro atoms. The number of carbonyl (C=O) groups excluding carboxylic acids is 1. The number of rotatable bonds is 5. The molecule has 0 radical (unpaired) electrons. The van der Waals surface area contributed by atoms with Gasteiger partial charge in [0.25, 0.3) is 5.91 Å². The number of carbonyl (C=O) groups is 1. The molecule has 5 heteroatoms. The summed E-state index contributed by atoms with van der Waals surface area (Å²) in [5.74, 6) is -1.79. The lowest BCUT2D eigenvalue weighted by Gasteiger charge is -2.15. The molecule has 0 unspecified atom stereocenters. The maximum absolute atomic E-state index is 13.8. The molecule has 19 heavy (non-hydrogen) atoms. The fourth-order valence-electron chi connectivity index (χ4n) is 2.11. The van der Waals surface area contributed by atoms with Crippen molar-refractivity contribution in [3.63, 3.8) is 0 Å². The first-order valence-electron chi connectivity index (χ1n) is 6.28. The Morgan fingerprint density at radius 2 is 2.11 bits per heavy atom. The van der Waals surface area contributed by atoms with E-state index < -0.39 is 23.1 Å². The van der Waals surface area contributed by atoms with Crippen LogP contribution in [0.2, 0.25) is 0 Å². The third-order valence-electron chi connectivity index (χ3n) is 3.72. The van der Waals surface area contributed by atoms with Crippen LogP contribution in [0.25, 0.3) is 0 Å². The number of benzene rings is 1. The van der Waals surface area contributed by atoms with Gasteiger partial charge in [-0.15, -0.1) is 11.6 Å². The Morgan fingerprint density at radius 1 is 1.42 bits per heavy atom. The lowest BCUT2D eigenvalue weighted by molar-refractivity contribution is 0.0935. The quantitative estimate of drug-likeness (QED) is 0.826. The molecule has 0 aromatic heterocycles. The minimum atomic E-state index is -0.831. The molecule has 0 atom stereocenters. The highest BCUT2D eigenvalue weighted by atomic mass is 35.5. The van der Waals surface area contributed by atoms with E-state index in [9.17, 15) is 13.6 Å². The molecular formula is C14H16ClF2NO. The van der Waals surface area contributed by atoms with Gasteiger partial charge in [-0.2, -0.15) is 0 Å². The zero-order valence-corrected chi connectivity index (χ0v) is 11.5. The van der Waals surface area contributed by atoms with Gasteiger partial charge in [-0.05, 0) is 43.2 Å². The Balaban J connectivity index is 2.07. The Kier molecular flexibility index (Phi) is 4.09. The first-order valence-corrected chi connectivity index (χ1v) is 6.81. The van der Waals surface area contributed by atoms with Gasteiger partial charge in [-0.3, -0.25) is 4.79 Å². The van der Waals surface area contributed by atoms with E-state index in [1.807, 2.05) is 0 Å². The molecule has 2 nitrogen and oxygen atoms in total. The van der Waals surface area contributed by atoms with Crippen LogP contribution in [0.3, 0.4) is 0 Å². The summed E-state index contributed by atoms with van der Waals surface area (Å²) in [6, 6.07) is 2.43. The van der Waals surface area contributed by atoms with Crippen LogP contribution in [-0.2, 0) is 0 Å². The monoisotopic (exact) mass is 287 g/mol. The van der Waals surface area contributed by atoms with Crippen LogP contribution in [0.15, 0.2) is 12.1 Å². The second-order valence-electron chi connectivity index (χ2n) is 5.17. The molecule has 1 amide bonds. The molecular weight excluding hydrogens is 272 g/mol. The van der Waals surface area contributed by atoms with Crippen LogP contribution in [0.5, 0.6) is 0 Å². The zero-order valence-electron chi connectivity index (χ0n) is 10.7. The third-order valence-corrected chi connectivity index (χ3v) is 3.91. The normalized spacial score (nSPS) is 16.2. The van der Waals surface area contributed by atoms with E-state index in [1.165, 1.54) is 13.0 Å². The molecule has 0 saturated heterocycles. The lowest BCUT2D eigenvalue weighted by Crippen LogP contribution is -2.32. The van der Waals surface area contributed by atoms with Gasteiger partial charge in [0.1, 0.15) is 17.2 Å². The van der Waals surface area contributed by atoms with Crippen molar-refractivity contribution >= 4 is 17.5 Å². The van der Waals surface area contributed by atoms with Crippen molar-refractivity contribution in [2.45, 2.75) is 26.2 Å². The summed E-state index contributed by atoms with van der Waals surface area (Å²) < 4.78 is 27.3. The third kappa shape index (κ3) is 3.06. The molecule has 1 N–H and O–H groups in total. The van der Waals surface area contributed by atoms with Gasteiger partial charge in [-0.25, -0.2) is 8.78 Å². The summed E-state index contributed by atoms with van der Waals surface area (Å²) in [4.78, 5) is 11.9. The van der Waals surface area contributed by atoms with Crippen LogP contribution in [0, 0.1) is 24.0 Å². The number of halogens is 3. The predicted molar refractivity (Wildman–Crippen MR) is 70.4 cm³/mol. The predicted octanol–water partition coefficient (Wildman–Crippen LogP) is 3.41. The summed E-state index contributed by atoms with van der Waals surface area (Å²) in [7, 11) is 0. The highest BCUT2D eigenvalue weighted by Gasteiger charge is 2.42. The first-order chi connectivity index (χ1) is 8.99. The lowest BCUT2D eigenvalue weighted by atomic mass is 10.0. The highest BCUT2D eigenvalue weighted by molar-refractivity contribution is 6.17. The summed E-state index contributed by atoms with van der Waals surface area (Å²) in [6.07, 6.45) is 2.81. The van der Waals surface area contributed by atoms with E-state index in [0.29, 0.717) is 12.4 Å². The van der Waals surface area contributed by atoms with E-state index in [2.05, 4.69) is 5.32 Å². The topological polar surface area (TPSA) is 29.1 Å². The second-order valence-corrected chi connectivity index (χ2v) is 5.55. The highest BCUT2D eigenvalue weighted by Crippen LogP contribution is 2.48. The molecule has 1 aliphatic carbocycles. The average molecular weight is 288 g/mol. The fraction of sp³-hybridized carbons (Fsp3) is 0.500. The van der Waals surface area contributed by atoms with Gasteiger partial charge in [-0.1, -0.05) is 6.07 Å². The molecule has 0 heterocycles. The van der Waals surface area contributed by atoms with Crippen molar-refractivity contribution in [2.24, 2.45) is 5.41 Å². The Hall–Kier alpha value is -1.16. The van der Waals surface area contributed by atoms with Crippen molar-refractivity contribution in [3.8, 4) is 0 Å². The number of hydrogen-bond acceptors (Lipinski definition) is 1. The van der Waals surface area contributed by atoms with Gasteiger partial charge in [0.2, 0.25) is 0 Å². The smallest absolute Gasteiger partial charge is 0.257 e. The summed E-state index contributed by atoms with van der Waals surface area (Å²) >= 11 is 5.70. The molecule has 1 fully saturated rings. The van der Waals surface area contributed by atoms with E-state index >= 15 is 0 Å². The largest absolute Gasteiger partial charge is 0.351 e. The maximum atomic E-state index is 13.8. The van der Waals surface area contributed by atoms with E-state index in [-0.39, 0.29) is 11.0 Å². The van der Waals surface area contributed by atoms with E-state index in [4.69, 9.17) is 11.6 Å². The number of aryl methyl sites for hydroxylation is 1. The van der Waals surface area contributed by atoms with Gasteiger partial charge < -0.3 is 5.32 Å². The van der Waals surface area contributed by atoms with Gasteiger partial charge in [0.05, 0.1) is 0 Å². The second kappa shape index (κ2) is 5.45. The standard InChI is InChI=1S/C14H16ClF2NO/c1-9-2-3-10(16)11(12(9)17)13(19)18-8-14(4-5-14)6-7-15/h2-3H,4-8H2,1H3,(H,18,19). The molecule has 0 bridgehead atoms. The van der Waals surface area contributed by atoms with Crippen molar-refractivity contribution in [3.05, 3.63) is 34.9 Å².